The molecule has 1 aromatic heterocycles. The Morgan fingerprint density at radius 3 is 2.74 bits per heavy atom. The molecule has 0 amide bonds. The maximum Gasteiger partial charge on any atom is 0.220 e. The molecule has 2 heterocycles. The maximum absolute atomic E-state index is 5.93. The number of hydrogen-bond acceptors (Lipinski definition) is 4. The molecule has 3 rings (SSSR count). The Morgan fingerprint density at radius 2 is 2.05 bits per heavy atom. The number of halogens is 1. The predicted molar refractivity (Wildman–Crippen MR) is 76.9 cm³/mol. The van der Waals surface area contributed by atoms with Crippen LogP contribution in [0.25, 0.3) is 11.1 Å². The van der Waals surface area contributed by atoms with Crippen molar-refractivity contribution in [1.29, 1.82) is 0 Å². The molecular formula is C14H15ClN4. The average molecular weight is 275 g/mol. The molecule has 0 saturated carbocycles. The summed E-state index contributed by atoms with van der Waals surface area (Å²) in [5, 5.41) is 4.17. The van der Waals surface area contributed by atoms with Gasteiger partial charge in [0.15, 0.2) is 0 Å². The summed E-state index contributed by atoms with van der Waals surface area (Å²) in [6, 6.07) is 7.97. The summed E-state index contributed by atoms with van der Waals surface area (Å²) in [5.41, 5.74) is 8.79. The number of nitrogens with one attached hydrogen (secondary N) is 1. The molecule has 1 unspecified atom stereocenters. The lowest BCUT2D eigenvalue weighted by atomic mass is 10.0. The van der Waals surface area contributed by atoms with Gasteiger partial charge in [-0.3, -0.25) is 0 Å². The van der Waals surface area contributed by atoms with E-state index in [9.17, 15) is 0 Å². The van der Waals surface area contributed by atoms with Crippen molar-refractivity contribution in [1.82, 2.24) is 15.3 Å². The Bertz CT molecular complexity index is 576. The number of hydrogen-bond donors (Lipinski definition) is 2. The van der Waals surface area contributed by atoms with Gasteiger partial charge < -0.3 is 11.1 Å². The molecule has 1 aliphatic heterocycles. The molecule has 0 radical (unpaired) electrons. The van der Waals surface area contributed by atoms with Gasteiger partial charge in [0.25, 0.3) is 0 Å². The summed E-state index contributed by atoms with van der Waals surface area (Å²) >= 11 is 5.93. The summed E-state index contributed by atoms with van der Waals surface area (Å²) in [6.45, 7) is 1.02. The van der Waals surface area contributed by atoms with Gasteiger partial charge in [0.2, 0.25) is 5.95 Å². The third kappa shape index (κ3) is 2.55. The molecule has 0 bridgehead atoms. The second-order valence-corrected chi connectivity index (χ2v) is 5.12. The van der Waals surface area contributed by atoms with Crippen molar-refractivity contribution in [3.8, 4) is 11.1 Å². The standard InChI is InChI=1S/C14H15ClN4/c15-10-5-3-9(4-6-10)11-8-18-14(16)19-13(11)12-2-1-7-17-12/h3-6,8,12,17H,1-2,7H2,(H2,16,18,19). The summed E-state index contributed by atoms with van der Waals surface area (Å²) < 4.78 is 0. The fourth-order valence-electron chi connectivity index (χ4n) is 2.44. The van der Waals surface area contributed by atoms with E-state index in [2.05, 4.69) is 15.3 Å². The summed E-state index contributed by atoms with van der Waals surface area (Å²) in [7, 11) is 0. The first kappa shape index (κ1) is 12.4. The van der Waals surface area contributed by atoms with E-state index in [4.69, 9.17) is 17.3 Å². The Morgan fingerprint density at radius 1 is 1.26 bits per heavy atom. The summed E-state index contributed by atoms with van der Waals surface area (Å²) in [6.07, 6.45) is 4.03. The van der Waals surface area contributed by atoms with Crippen molar-refractivity contribution >= 4 is 17.5 Å². The average Bonchev–Trinajstić information content (AvgIpc) is 2.94. The molecule has 1 fully saturated rings. The van der Waals surface area contributed by atoms with Crippen LogP contribution < -0.4 is 11.1 Å². The highest BCUT2D eigenvalue weighted by Gasteiger charge is 2.22. The van der Waals surface area contributed by atoms with Gasteiger partial charge in [-0.1, -0.05) is 23.7 Å². The van der Waals surface area contributed by atoms with Gasteiger partial charge in [-0.2, -0.15) is 0 Å². The second-order valence-electron chi connectivity index (χ2n) is 4.68. The fourth-order valence-corrected chi connectivity index (χ4v) is 2.57. The monoisotopic (exact) mass is 274 g/mol. The normalized spacial score (nSPS) is 18.7. The van der Waals surface area contributed by atoms with Crippen molar-refractivity contribution in [3.63, 3.8) is 0 Å². The molecule has 1 aliphatic rings. The molecule has 5 heteroatoms. The zero-order valence-corrected chi connectivity index (χ0v) is 11.2. The van der Waals surface area contributed by atoms with E-state index in [1.54, 1.807) is 6.20 Å². The summed E-state index contributed by atoms with van der Waals surface area (Å²) in [4.78, 5) is 8.54. The highest BCUT2D eigenvalue weighted by Crippen LogP contribution is 2.31. The molecule has 0 aliphatic carbocycles. The zero-order chi connectivity index (χ0) is 13.2. The number of nitrogens with zero attached hydrogens (tertiary/aromatic N) is 2. The first-order valence-electron chi connectivity index (χ1n) is 6.36. The van der Waals surface area contributed by atoms with Crippen LogP contribution in [-0.4, -0.2) is 16.5 Å². The first-order valence-corrected chi connectivity index (χ1v) is 6.73. The summed E-state index contributed by atoms with van der Waals surface area (Å²) in [5.74, 6) is 0.321. The quantitative estimate of drug-likeness (QED) is 0.884. The van der Waals surface area contributed by atoms with Crippen LogP contribution in [0, 0.1) is 0 Å². The van der Waals surface area contributed by atoms with E-state index in [1.165, 1.54) is 0 Å². The van der Waals surface area contributed by atoms with Gasteiger partial charge in [0.1, 0.15) is 0 Å². The highest BCUT2D eigenvalue weighted by molar-refractivity contribution is 6.30. The molecule has 4 nitrogen and oxygen atoms in total. The Balaban J connectivity index is 2.06. The smallest absolute Gasteiger partial charge is 0.220 e. The van der Waals surface area contributed by atoms with Crippen LogP contribution in [0.1, 0.15) is 24.6 Å². The third-order valence-electron chi connectivity index (χ3n) is 3.38. The van der Waals surface area contributed by atoms with Crippen LogP contribution in [-0.2, 0) is 0 Å². The van der Waals surface area contributed by atoms with Crippen LogP contribution in [0.2, 0.25) is 5.02 Å². The van der Waals surface area contributed by atoms with E-state index in [1.807, 2.05) is 24.3 Å². The number of nitrogen functional groups attached to an aromatic ring is 1. The molecule has 0 spiro atoms. The lowest BCUT2D eigenvalue weighted by Gasteiger charge is -2.15. The predicted octanol–water partition coefficient (Wildman–Crippen LogP) is 2.80. The van der Waals surface area contributed by atoms with Crippen LogP contribution in [0.3, 0.4) is 0 Å². The number of rotatable bonds is 2. The van der Waals surface area contributed by atoms with Crippen molar-refractivity contribution < 1.29 is 0 Å². The zero-order valence-electron chi connectivity index (χ0n) is 10.4. The molecular weight excluding hydrogens is 260 g/mol. The first-order chi connectivity index (χ1) is 9.24. The number of nitrogens with two attached hydrogens (primary N) is 1. The topological polar surface area (TPSA) is 63.8 Å². The van der Waals surface area contributed by atoms with E-state index in [-0.39, 0.29) is 6.04 Å². The van der Waals surface area contributed by atoms with E-state index in [0.29, 0.717) is 5.95 Å². The Kier molecular flexibility index (Phi) is 3.36. The van der Waals surface area contributed by atoms with E-state index >= 15 is 0 Å². The molecule has 1 atom stereocenters. The maximum atomic E-state index is 5.93. The molecule has 2 aromatic rings. The minimum absolute atomic E-state index is 0.260. The molecule has 98 valence electrons. The lowest BCUT2D eigenvalue weighted by Crippen LogP contribution is -2.16. The van der Waals surface area contributed by atoms with Crippen LogP contribution >= 0.6 is 11.6 Å². The van der Waals surface area contributed by atoms with Crippen molar-refractivity contribution in [2.45, 2.75) is 18.9 Å². The minimum atomic E-state index is 0.260. The van der Waals surface area contributed by atoms with Gasteiger partial charge in [0.05, 0.1) is 11.7 Å². The molecule has 1 saturated heterocycles. The van der Waals surface area contributed by atoms with E-state index < -0.39 is 0 Å². The van der Waals surface area contributed by atoms with Gasteiger partial charge in [-0.25, -0.2) is 9.97 Å². The largest absolute Gasteiger partial charge is 0.368 e. The minimum Gasteiger partial charge on any atom is -0.368 e. The van der Waals surface area contributed by atoms with Crippen LogP contribution in [0.4, 0.5) is 5.95 Å². The Labute approximate surface area is 117 Å². The van der Waals surface area contributed by atoms with Gasteiger partial charge in [0, 0.05) is 16.8 Å². The molecule has 1 aromatic carbocycles. The van der Waals surface area contributed by atoms with Crippen molar-refractivity contribution in [3.05, 3.63) is 41.2 Å². The molecule has 19 heavy (non-hydrogen) atoms. The van der Waals surface area contributed by atoms with Gasteiger partial charge >= 0.3 is 0 Å². The SMILES string of the molecule is Nc1ncc(-c2ccc(Cl)cc2)c(C2CCCN2)n1. The third-order valence-corrected chi connectivity index (χ3v) is 3.63. The van der Waals surface area contributed by atoms with Crippen LogP contribution in [0.5, 0.6) is 0 Å². The number of aromatic nitrogens is 2. The lowest BCUT2D eigenvalue weighted by molar-refractivity contribution is 0.629. The molecule has 3 N–H and O–H groups in total. The van der Waals surface area contributed by atoms with Gasteiger partial charge in [-0.15, -0.1) is 0 Å². The van der Waals surface area contributed by atoms with E-state index in [0.717, 1.165) is 41.2 Å². The van der Waals surface area contributed by atoms with Crippen LogP contribution in [0.15, 0.2) is 30.5 Å². The number of anilines is 1. The number of benzene rings is 1. The highest BCUT2D eigenvalue weighted by atomic mass is 35.5. The van der Waals surface area contributed by atoms with Crippen molar-refractivity contribution in [2.24, 2.45) is 0 Å². The second kappa shape index (κ2) is 5.15. The van der Waals surface area contributed by atoms with Gasteiger partial charge in [-0.05, 0) is 37.1 Å². The van der Waals surface area contributed by atoms with Crippen molar-refractivity contribution in [2.75, 3.05) is 12.3 Å². The Hall–Kier alpha value is -1.65. The fraction of sp³-hybridized carbons (Fsp3) is 0.286.